The van der Waals surface area contributed by atoms with Crippen LogP contribution in [0.25, 0.3) is 0 Å². The van der Waals surface area contributed by atoms with E-state index < -0.39 is 5.97 Å². The second kappa shape index (κ2) is 5.77. The fraction of sp³-hybridized carbons (Fsp3) is 0.462. The molecule has 4 N–H and O–H groups in total. The molecule has 7 nitrogen and oxygen atoms in total. The van der Waals surface area contributed by atoms with Crippen LogP contribution in [0.5, 0.6) is 0 Å². The Hall–Kier alpha value is -2.31. The van der Waals surface area contributed by atoms with Gasteiger partial charge in [0.2, 0.25) is 5.91 Å². The lowest BCUT2D eigenvalue weighted by molar-refractivity contribution is -0.122. The third-order valence-electron chi connectivity index (χ3n) is 3.50. The molecular weight excluding hydrogens is 260 g/mol. The summed E-state index contributed by atoms with van der Waals surface area (Å²) in [6.45, 7) is 1.20. The van der Waals surface area contributed by atoms with Crippen molar-refractivity contribution < 1.29 is 14.3 Å². The summed E-state index contributed by atoms with van der Waals surface area (Å²) in [5.74, 6) is -0.544. The third-order valence-corrected chi connectivity index (χ3v) is 3.50. The molecule has 1 amide bonds. The van der Waals surface area contributed by atoms with E-state index in [1.807, 2.05) is 4.90 Å². The number of aromatic nitrogens is 1. The van der Waals surface area contributed by atoms with Crippen molar-refractivity contribution in [3.8, 4) is 0 Å². The number of primary amides is 1. The zero-order valence-corrected chi connectivity index (χ0v) is 11.3. The minimum absolute atomic E-state index is 0.216. The highest BCUT2D eigenvalue weighted by atomic mass is 16.5. The maximum atomic E-state index is 11.6. The van der Waals surface area contributed by atoms with Crippen molar-refractivity contribution in [2.45, 2.75) is 12.8 Å². The van der Waals surface area contributed by atoms with Crippen molar-refractivity contribution in [3.63, 3.8) is 0 Å². The second-order valence-electron chi connectivity index (χ2n) is 4.77. The van der Waals surface area contributed by atoms with Gasteiger partial charge in [0, 0.05) is 19.3 Å². The first kappa shape index (κ1) is 14.1. The molecule has 1 aliphatic heterocycles. The average Bonchev–Trinajstić information content (AvgIpc) is 2.46. The van der Waals surface area contributed by atoms with Crippen LogP contribution in [-0.4, -0.2) is 37.1 Å². The van der Waals surface area contributed by atoms with Crippen molar-refractivity contribution in [2.24, 2.45) is 11.7 Å². The van der Waals surface area contributed by atoms with Crippen LogP contribution < -0.4 is 16.4 Å². The number of ether oxygens (including phenoxy) is 1. The summed E-state index contributed by atoms with van der Waals surface area (Å²) in [6.07, 6.45) is 3.10. The molecule has 1 saturated heterocycles. The van der Waals surface area contributed by atoms with E-state index in [-0.39, 0.29) is 23.1 Å². The number of piperidine rings is 1. The Kier molecular flexibility index (Phi) is 4.07. The van der Waals surface area contributed by atoms with Gasteiger partial charge in [0.25, 0.3) is 0 Å². The summed E-state index contributed by atoms with van der Waals surface area (Å²) >= 11 is 0. The maximum absolute atomic E-state index is 11.6. The van der Waals surface area contributed by atoms with Gasteiger partial charge < -0.3 is 21.1 Å². The number of anilines is 2. The SMILES string of the molecule is COC(=O)c1ccnc(N2CCCC(C(N)=O)C2)c1N. The number of methoxy groups -OCH3 is 1. The Labute approximate surface area is 116 Å². The van der Waals surface area contributed by atoms with Crippen molar-refractivity contribution in [1.29, 1.82) is 0 Å². The fourth-order valence-corrected chi connectivity index (χ4v) is 2.40. The van der Waals surface area contributed by atoms with Crippen molar-refractivity contribution in [2.75, 3.05) is 30.8 Å². The molecule has 2 heterocycles. The predicted molar refractivity (Wildman–Crippen MR) is 74.1 cm³/mol. The summed E-state index contributed by atoms with van der Waals surface area (Å²) in [5, 5.41) is 0. The average molecular weight is 278 g/mol. The number of rotatable bonds is 3. The monoisotopic (exact) mass is 278 g/mol. The van der Waals surface area contributed by atoms with Crippen molar-refractivity contribution in [1.82, 2.24) is 4.98 Å². The number of hydrogen-bond donors (Lipinski definition) is 2. The van der Waals surface area contributed by atoms with Crippen LogP contribution in [0.2, 0.25) is 0 Å². The highest BCUT2D eigenvalue weighted by Gasteiger charge is 2.27. The van der Waals surface area contributed by atoms with E-state index in [0.717, 1.165) is 19.4 Å². The molecular formula is C13H18N4O3. The number of hydrogen-bond acceptors (Lipinski definition) is 6. The summed E-state index contributed by atoms with van der Waals surface area (Å²) < 4.78 is 4.68. The Morgan fingerprint density at radius 2 is 2.25 bits per heavy atom. The Morgan fingerprint density at radius 1 is 1.50 bits per heavy atom. The van der Waals surface area contributed by atoms with Crippen LogP contribution in [0.1, 0.15) is 23.2 Å². The van der Waals surface area contributed by atoms with Crippen molar-refractivity contribution in [3.05, 3.63) is 17.8 Å². The standard InChI is InChI=1S/C13H18N4O3/c1-20-13(19)9-4-5-16-12(10(9)14)17-6-2-3-8(7-17)11(15)18/h4-5,8H,2-3,6-7,14H2,1H3,(H2,15,18). The first-order valence-electron chi connectivity index (χ1n) is 6.41. The molecule has 0 radical (unpaired) electrons. The van der Waals surface area contributed by atoms with Gasteiger partial charge in [-0.05, 0) is 18.9 Å². The summed E-state index contributed by atoms with van der Waals surface area (Å²) in [5.41, 5.74) is 11.9. The van der Waals surface area contributed by atoms with E-state index in [1.54, 1.807) is 0 Å². The van der Waals surface area contributed by atoms with Gasteiger partial charge in [-0.2, -0.15) is 0 Å². The molecule has 108 valence electrons. The maximum Gasteiger partial charge on any atom is 0.340 e. The van der Waals surface area contributed by atoms with Gasteiger partial charge in [-0.15, -0.1) is 0 Å². The molecule has 0 aliphatic carbocycles. The fourth-order valence-electron chi connectivity index (χ4n) is 2.40. The zero-order chi connectivity index (χ0) is 14.7. The van der Waals surface area contributed by atoms with Gasteiger partial charge in [0.05, 0.1) is 24.3 Å². The van der Waals surface area contributed by atoms with Crippen LogP contribution in [0.15, 0.2) is 12.3 Å². The molecule has 1 atom stereocenters. The van der Waals surface area contributed by atoms with E-state index in [0.29, 0.717) is 12.4 Å². The number of nitrogen functional groups attached to an aromatic ring is 1. The number of pyridine rings is 1. The van der Waals surface area contributed by atoms with Gasteiger partial charge in [-0.1, -0.05) is 0 Å². The Balaban J connectivity index is 2.28. The van der Waals surface area contributed by atoms with E-state index in [1.165, 1.54) is 19.4 Å². The topological polar surface area (TPSA) is 112 Å². The van der Waals surface area contributed by atoms with E-state index in [4.69, 9.17) is 11.5 Å². The van der Waals surface area contributed by atoms with Crippen LogP contribution in [-0.2, 0) is 9.53 Å². The number of esters is 1. The molecule has 7 heteroatoms. The molecule has 1 fully saturated rings. The lowest BCUT2D eigenvalue weighted by atomic mass is 9.97. The molecule has 1 aromatic rings. The molecule has 0 saturated carbocycles. The first-order chi connectivity index (χ1) is 9.54. The van der Waals surface area contributed by atoms with Crippen LogP contribution in [0, 0.1) is 5.92 Å². The van der Waals surface area contributed by atoms with Gasteiger partial charge in [-0.3, -0.25) is 4.79 Å². The largest absolute Gasteiger partial charge is 0.465 e. The molecule has 0 spiro atoms. The van der Waals surface area contributed by atoms with Gasteiger partial charge >= 0.3 is 5.97 Å². The Bertz CT molecular complexity index is 532. The van der Waals surface area contributed by atoms with E-state index in [2.05, 4.69) is 9.72 Å². The molecule has 0 bridgehead atoms. The number of carbonyl (C=O) groups excluding carboxylic acids is 2. The van der Waals surface area contributed by atoms with Crippen LogP contribution in [0.4, 0.5) is 11.5 Å². The number of nitrogens with zero attached hydrogens (tertiary/aromatic N) is 2. The first-order valence-corrected chi connectivity index (χ1v) is 6.41. The van der Waals surface area contributed by atoms with Crippen molar-refractivity contribution >= 4 is 23.4 Å². The second-order valence-corrected chi connectivity index (χ2v) is 4.77. The normalized spacial score (nSPS) is 18.6. The van der Waals surface area contributed by atoms with Gasteiger partial charge in [-0.25, -0.2) is 9.78 Å². The number of nitrogens with two attached hydrogens (primary N) is 2. The predicted octanol–water partition coefficient (Wildman–Crippen LogP) is 0.152. The zero-order valence-electron chi connectivity index (χ0n) is 11.3. The summed E-state index contributed by atoms with van der Waals surface area (Å²) in [4.78, 5) is 29.0. The lowest BCUT2D eigenvalue weighted by Gasteiger charge is -2.32. The summed E-state index contributed by atoms with van der Waals surface area (Å²) in [7, 11) is 1.30. The van der Waals surface area contributed by atoms with Crippen LogP contribution >= 0.6 is 0 Å². The smallest absolute Gasteiger partial charge is 0.340 e. The third kappa shape index (κ3) is 2.66. The molecule has 1 unspecified atom stereocenters. The molecule has 20 heavy (non-hydrogen) atoms. The highest BCUT2D eigenvalue weighted by molar-refractivity contribution is 5.97. The minimum atomic E-state index is -0.505. The summed E-state index contributed by atoms with van der Waals surface area (Å²) in [6, 6.07) is 1.51. The quantitative estimate of drug-likeness (QED) is 0.761. The van der Waals surface area contributed by atoms with Gasteiger partial charge in [0.1, 0.15) is 0 Å². The minimum Gasteiger partial charge on any atom is -0.465 e. The number of amides is 1. The van der Waals surface area contributed by atoms with E-state index >= 15 is 0 Å². The van der Waals surface area contributed by atoms with E-state index in [9.17, 15) is 9.59 Å². The lowest BCUT2D eigenvalue weighted by Crippen LogP contribution is -2.41. The number of carbonyl (C=O) groups is 2. The van der Waals surface area contributed by atoms with Crippen LogP contribution in [0.3, 0.4) is 0 Å². The highest BCUT2D eigenvalue weighted by Crippen LogP contribution is 2.28. The molecule has 2 rings (SSSR count). The molecule has 0 aromatic carbocycles. The Morgan fingerprint density at radius 3 is 2.90 bits per heavy atom. The molecule has 1 aliphatic rings. The van der Waals surface area contributed by atoms with Gasteiger partial charge in [0.15, 0.2) is 5.82 Å². The molecule has 1 aromatic heterocycles.